The molecule has 60 heavy (non-hydrogen) atoms. The van der Waals surface area contributed by atoms with Crippen LogP contribution in [0, 0.1) is 23.6 Å². The molecule has 0 bridgehead atoms. The van der Waals surface area contributed by atoms with Gasteiger partial charge in [0.25, 0.3) is 0 Å². The number of likely N-dealkylation sites (tertiary alicyclic amines) is 4. The van der Waals surface area contributed by atoms with Crippen molar-refractivity contribution in [3.05, 3.63) is 72.1 Å². The van der Waals surface area contributed by atoms with Gasteiger partial charge in [-0.3, -0.25) is 14.5 Å². The number of methoxy groups -OCH3 is 1. The van der Waals surface area contributed by atoms with Gasteiger partial charge in [-0.25, -0.2) is 17.6 Å². The Hall–Kier alpha value is -3.85. The largest absolute Gasteiger partial charge is 0.453 e. The fraction of sp³-hybridized carbons (Fsp3) is 0.630. The van der Waals surface area contributed by atoms with Crippen molar-refractivity contribution >= 4 is 33.4 Å². The van der Waals surface area contributed by atoms with Crippen molar-refractivity contribution in [2.45, 2.75) is 85.8 Å². The summed E-state index contributed by atoms with van der Waals surface area (Å²) in [6.07, 6.45) is 13.0. The molecule has 0 radical (unpaired) electrons. The summed E-state index contributed by atoms with van der Waals surface area (Å²) < 4.78 is 47.1. The smallest absolute Gasteiger partial charge is 0.407 e. The average Bonchev–Trinajstić information content (AvgIpc) is 3.83. The Kier molecular flexibility index (Phi) is 13.3. The predicted molar refractivity (Wildman–Crippen MR) is 229 cm³/mol. The Morgan fingerprint density at radius 2 is 1.60 bits per heavy atom. The quantitative estimate of drug-likeness (QED) is 0.260. The lowest BCUT2D eigenvalue weighted by Gasteiger charge is -2.53. The molecule has 326 valence electrons. The first-order valence-electron chi connectivity index (χ1n) is 22.4. The summed E-state index contributed by atoms with van der Waals surface area (Å²) in [7, 11) is -2.22. The second-order valence-electron chi connectivity index (χ2n) is 18.3. The highest BCUT2D eigenvalue weighted by molar-refractivity contribution is 7.92. The summed E-state index contributed by atoms with van der Waals surface area (Å²) in [6, 6.07) is 13.8. The van der Waals surface area contributed by atoms with Gasteiger partial charge in [0.2, 0.25) is 11.8 Å². The van der Waals surface area contributed by atoms with Gasteiger partial charge >= 0.3 is 6.09 Å². The number of anilines is 1. The van der Waals surface area contributed by atoms with Gasteiger partial charge in [-0.15, -0.1) is 0 Å². The van der Waals surface area contributed by atoms with Crippen molar-refractivity contribution in [1.82, 2.24) is 24.9 Å². The van der Waals surface area contributed by atoms with Crippen molar-refractivity contribution in [3.63, 3.8) is 0 Å². The second kappa shape index (κ2) is 18.6. The monoisotopic (exact) mass is 846 g/mol. The van der Waals surface area contributed by atoms with E-state index in [0.29, 0.717) is 18.7 Å². The fourth-order valence-corrected chi connectivity index (χ4v) is 12.9. The highest BCUT2D eigenvalue weighted by Crippen LogP contribution is 2.51. The zero-order valence-electron chi connectivity index (χ0n) is 35.2. The molecule has 2 aromatic carbocycles. The number of alkyl carbamates (subject to hydrolysis) is 1. The summed E-state index contributed by atoms with van der Waals surface area (Å²) in [4.78, 5) is 49.5. The first-order valence-corrected chi connectivity index (χ1v) is 24.0. The van der Waals surface area contributed by atoms with Gasteiger partial charge in [-0.1, -0.05) is 31.1 Å². The van der Waals surface area contributed by atoms with Crippen LogP contribution in [-0.4, -0.2) is 143 Å². The molecule has 2 aromatic rings. The Morgan fingerprint density at radius 3 is 2.28 bits per heavy atom. The van der Waals surface area contributed by atoms with E-state index in [1.54, 1.807) is 46.2 Å². The van der Waals surface area contributed by atoms with Crippen LogP contribution < -0.4 is 10.2 Å². The number of halogens is 1. The van der Waals surface area contributed by atoms with Gasteiger partial charge in [0.1, 0.15) is 11.1 Å². The van der Waals surface area contributed by atoms with Crippen molar-refractivity contribution in [2.24, 2.45) is 17.8 Å². The lowest BCUT2D eigenvalue weighted by molar-refractivity contribution is -0.129. The molecule has 1 N–H and O–H groups in total. The minimum atomic E-state index is -3.63. The van der Waals surface area contributed by atoms with E-state index in [4.69, 9.17) is 4.74 Å². The van der Waals surface area contributed by atoms with E-state index in [0.717, 1.165) is 103 Å². The summed E-state index contributed by atoms with van der Waals surface area (Å²) in [5.41, 5.74) is 1.39. The third kappa shape index (κ3) is 9.17. The molecule has 0 aromatic heterocycles. The molecule has 0 spiro atoms. The summed E-state index contributed by atoms with van der Waals surface area (Å²) in [6.45, 7) is 9.21. The van der Waals surface area contributed by atoms with Crippen LogP contribution in [0.3, 0.4) is 0 Å². The van der Waals surface area contributed by atoms with Gasteiger partial charge in [0, 0.05) is 68.9 Å². The molecule has 6 fully saturated rings. The highest BCUT2D eigenvalue weighted by Gasteiger charge is 2.53. The van der Waals surface area contributed by atoms with Crippen molar-refractivity contribution < 1.29 is 31.9 Å². The molecule has 12 nitrogen and oxygen atoms in total. The first kappa shape index (κ1) is 42.8. The van der Waals surface area contributed by atoms with Gasteiger partial charge in [-0.05, 0) is 144 Å². The van der Waals surface area contributed by atoms with Gasteiger partial charge in [0.05, 0.1) is 12.0 Å². The molecule has 5 aliphatic heterocycles. The van der Waals surface area contributed by atoms with Crippen LogP contribution in [0.5, 0.6) is 0 Å². The molecule has 5 saturated heterocycles. The van der Waals surface area contributed by atoms with E-state index in [9.17, 15) is 22.8 Å². The normalized spacial score (nSPS) is 26.2. The van der Waals surface area contributed by atoms with Gasteiger partial charge in [-0.2, -0.15) is 0 Å². The topological polar surface area (TPSA) is 123 Å². The molecule has 1 saturated carbocycles. The molecule has 14 heteroatoms. The Morgan fingerprint density at radius 1 is 0.867 bits per heavy atom. The van der Waals surface area contributed by atoms with E-state index in [1.807, 2.05) is 12.1 Å². The molecule has 1 aliphatic carbocycles. The predicted octanol–water partition coefficient (Wildman–Crippen LogP) is 5.09. The van der Waals surface area contributed by atoms with E-state index >= 15 is 4.39 Å². The molecular weight excluding hydrogens is 784 g/mol. The number of hydrogen-bond acceptors (Lipinski definition) is 9. The lowest BCUT2D eigenvalue weighted by atomic mass is 9.57. The van der Waals surface area contributed by atoms with E-state index in [1.165, 1.54) is 32.4 Å². The van der Waals surface area contributed by atoms with Crippen LogP contribution in [0.25, 0.3) is 0 Å². The number of rotatable bonds is 14. The summed E-state index contributed by atoms with van der Waals surface area (Å²) in [5, 5.41) is 2.53. The maximum atomic E-state index is 15.1. The number of carbonyl (C=O) groups is 3. The number of piperidine rings is 2. The van der Waals surface area contributed by atoms with Crippen LogP contribution in [0.1, 0.15) is 69.8 Å². The van der Waals surface area contributed by atoms with Gasteiger partial charge < -0.3 is 29.7 Å². The molecular formula is C46H63FN6O6S. The lowest BCUT2D eigenvalue weighted by Crippen LogP contribution is -2.59. The highest BCUT2D eigenvalue weighted by atomic mass is 32.2. The molecule has 4 atom stereocenters. The van der Waals surface area contributed by atoms with E-state index in [2.05, 4.69) is 26.1 Å². The van der Waals surface area contributed by atoms with Crippen molar-refractivity contribution in [2.75, 3.05) is 90.5 Å². The van der Waals surface area contributed by atoms with Crippen LogP contribution in [0.15, 0.2) is 65.6 Å². The van der Waals surface area contributed by atoms with Crippen LogP contribution in [-0.2, 0) is 29.6 Å². The third-order valence-corrected chi connectivity index (χ3v) is 16.8. The molecule has 3 amide bonds. The molecule has 0 unspecified atom stereocenters. The number of carbonyl (C=O) groups excluding carboxylic acids is 3. The zero-order valence-corrected chi connectivity index (χ0v) is 36.0. The fourth-order valence-electron chi connectivity index (χ4n) is 11.3. The van der Waals surface area contributed by atoms with Gasteiger partial charge in [0.15, 0.2) is 9.84 Å². The van der Waals surface area contributed by atoms with Crippen LogP contribution in [0.4, 0.5) is 14.9 Å². The molecule has 5 heterocycles. The minimum absolute atomic E-state index is 0.0389. The van der Waals surface area contributed by atoms with Crippen LogP contribution >= 0.6 is 0 Å². The summed E-state index contributed by atoms with van der Waals surface area (Å²) >= 11 is 0. The first-order chi connectivity index (χ1) is 29.0. The number of nitrogens with zero attached hydrogens (tertiary/aromatic N) is 5. The Balaban J connectivity index is 0.871. The second-order valence-corrected chi connectivity index (χ2v) is 20.5. The molecule has 6 aliphatic rings. The van der Waals surface area contributed by atoms with E-state index in [-0.39, 0.29) is 64.8 Å². The number of amides is 3. The minimum Gasteiger partial charge on any atom is -0.453 e. The number of sulfone groups is 1. The Labute approximate surface area is 355 Å². The average molecular weight is 847 g/mol. The zero-order chi connectivity index (χ0) is 41.9. The maximum absolute atomic E-state index is 15.1. The summed E-state index contributed by atoms with van der Waals surface area (Å²) in [5.74, 6) is 0.232. The third-order valence-electron chi connectivity index (χ3n) is 14.6. The van der Waals surface area contributed by atoms with E-state index < -0.39 is 21.2 Å². The number of benzene rings is 2. The van der Waals surface area contributed by atoms with Crippen molar-refractivity contribution in [1.29, 1.82) is 0 Å². The number of nitrogens with one attached hydrogen (secondary N) is 1. The number of ether oxygens (including phenoxy) is 1. The number of hydrogen-bond donors (Lipinski definition) is 1. The molecule has 8 rings (SSSR count). The Bertz CT molecular complexity index is 1980. The maximum Gasteiger partial charge on any atom is 0.407 e. The SMILES string of the molecule is COC(=O)N[C@H]1CCC[C@@H]1[C@](CN1CCC1)(c1cccc(F)c1)C1CCN(C[C@@H]2CC(=O)N(c3ccc(S(=O)(=O)C4CN(C(=O)/C=C/CN5CCCCC5)C4)cc3)C2)CC1. The van der Waals surface area contributed by atoms with Crippen molar-refractivity contribution in [3.8, 4) is 0 Å². The standard InChI is InChI=1S/C46H63FN6O6S/c1-59-45(56)48-42-12-6-11-41(42)46(33-51-23-8-24-51,36-9-5-10-37(47)28-36)35-18-25-50(26-19-35)29-34-27-44(55)53(30-34)38-14-16-39(17-15-38)60(57,58)40-31-52(32-40)43(54)13-7-22-49-20-3-2-4-21-49/h5,7,9-10,13-17,28,34-35,40-42H,2-4,6,8,11-12,18-27,29-33H2,1H3,(H,48,56)/b13-7+/t34-,41-,42-,46-/m0/s1. The van der Waals surface area contributed by atoms with Crippen LogP contribution in [0.2, 0.25) is 0 Å².